The average Bonchev–Trinajstić information content (AvgIpc) is 2.85. The zero-order chi connectivity index (χ0) is 13.4. The molecule has 1 N–H and O–H groups in total. The third kappa shape index (κ3) is 2.36. The summed E-state index contributed by atoms with van der Waals surface area (Å²) in [7, 11) is 0. The Bertz CT molecular complexity index is 623. The van der Waals surface area contributed by atoms with Crippen LogP contribution in [0.3, 0.4) is 0 Å². The summed E-state index contributed by atoms with van der Waals surface area (Å²) in [5, 5.41) is 4.06. The van der Waals surface area contributed by atoms with E-state index < -0.39 is 0 Å². The van der Waals surface area contributed by atoms with Gasteiger partial charge in [-0.1, -0.05) is 37.6 Å². The van der Waals surface area contributed by atoms with Crippen molar-refractivity contribution in [2.24, 2.45) is 0 Å². The Morgan fingerprint density at radius 2 is 2.05 bits per heavy atom. The van der Waals surface area contributed by atoms with E-state index in [1.807, 2.05) is 24.3 Å². The van der Waals surface area contributed by atoms with Crippen LogP contribution in [0.4, 0.5) is 0 Å². The van der Waals surface area contributed by atoms with Crippen LogP contribution in [-0.4, -0.2) is 9.97 Å². The molecule has 0 aliphatic carbocycles. The van der Waals surface area contributed by atoms with E-state index in [2.05, 4.69) is 24.1 Å². The van der Waals surface area contributed by atoms with Crippen molar-refractivity contribution < 1.29 is 0 Å². The number of fused-ring (bicyclic) bond motifs is 1. The Kier molecular flexibility index (Phi) is 3.25. The van der Waals surface area contributed by atoms with E-state index in [0.717, 1.165) is 35.9 Å². The molecular formula is C15H16ClN3. The van der Waals surface area contributed by atoms with Gasteiger partial charge in [-0.2, -0.15) is 0 Å². The summed E-state index contributed by atoms with van der Waals surface area (Å²) in [4.78, 5) is 9.42. The molecule has 0 radical (unpaired) electrons. The molecular weight excluding hydrogens is 258 g/mol. The Hall–Kier alpha value is -1.45. The fourth-order valence-electron chi connectivity index (χ4n) is 2.43. The number of hydrogen-bond donors (Lipinski definition) is 1. The molecule has 98 valence electrons. The van der Waals surface area contributed by atoms with Crippen molar-refractivity contribution in [1.29, 1.82) is 0 Å². The number of halogens is 1. The monoisotopic (exact) mass is 273 g/mol. The second kappa shape index (κ2) is 4.91. The minimum Gasteiger partial charge on any atom is -0.307 e. The number of nitrogens with zero attached hydrogens (tertiary/aromatic N) is 2. The first-order chi connectivity index (χ1) is 9.15. The topological polar surface area (TPSA) is 37.8 Å². The van der Waals surface area contributed by atoms with Gasteiger partial charge < -0.3 is 5.32 Å². The van der Waals surface area contributed by atoms with E-state index in [9.17, 15) is 0 Å². The summed E-state index contributed by atoms with van der Waals surface area (Å²) in [6.45, 7) is 6.04. The van der Waals surface area contributed by atoms with Crippen LogP contribution in [0.1, 0.15) is 36.7 Å². The predicted molar refractivity (Wildman–Crippen MR) is 77.1 cm³/mol. The van der Waals surface area contributed by atoms with Gasteiger partial charge in [-0.05, 0) is 18.1 Å². The zero-order valence-corrected chi connectivity index (χ0v) is 11.8. The quantitative estimate of drug-likeness (QED) is 0.910. The van der Waals surface area contributed by atoms with Gasteiger partial charge in [0.25, 0.3) is 0 Å². The Labute approximate surface area is 118 Å². The molecule has 1 aromatic carbocycles. The van der Waals surface area contributed by atoms with Gasteiger partial charge in [-0.15, -0.1) is 0 Å². The molecule has 0 bridgehead atoms. The summed E-state index contributed by atoms with van der Waals surface area (Å²) in [5.41, 5.74) is 4.50. The SMILES string of the molecule is CC(C)c1nc(-c2cccc(Cl)c2)nc2c1CNC2. The van der Waals surface area contributed by atoms with E-state index in [1.165, 1.54) is 5.56 Å². The fraction of sp³-hybridized carbons (Fsp3) is 0.333. The van der Waals surface area contributed by atoms with Gasteiger partial charge >= 0.3 is 0 Å². The normalized spacial score (nSPS) is 13.9. The third-order valence-corrected chi connectivity index (χ3v) is 3.58. The lowest BCUT2D eigenvalue weighted by Crippen LogP contribution is -2.05. The maximum Gasteiger partial charge on any atom is 0.159 e. The summed E-state index contributed by atoms with van der Waals surface area (Å²) < 4.78 is 0. The van der Waals surface area contributed by atoms with Gasteiger partial charge in [-0.3, -0.25) is 0 Å². The Balaban J connectivity index is 2.15. The van der Waals surface area contributed by atoms with Crippen molar-refractivity contribution in [2.45, 2.75) is 32.9 Å². The summed E-state index contributed by atoms with van der Waals surface area (Å²) in [6.07, 6.45) is 0. The third-order valence-electron chi connectivity index (χ3n) is 3.35. The minimum atomic E-state index is 0.398. The zero-order valence-electron chi connectivity index (χ0n) is 11.1. The maximum absolute atomic E-state index is 6.05. The minimum absolute atomic E-state index is 0.398. The van der Waals surface area contributed by atoms with Crippen LogP contribution < -0.4 is 5.32 Å². The molecule has 0 saturated heterocycles. The lowest BCUT2D eigenvalue weighted by atomic mass is 10.0. The lowest BCUT2D eigenvalue weighted by Gasteiger charge is -2.12. The van der Waals surface area contributed by atoms with E-state index in [1.54, 1.807) is 0 Å². The number of aromatic nitrogens is 2. The van der Waals surface area contributed by atoms with Crippen molar-refractivity contribution in [2.75, 3.05) is 0 Å². The molecule has 1 aliphatic heterocycles. The van der Waals surface area contributed by atoms with E-state index >= 15 is 0 Å². The summed E-state index contributed by atoms with van der Waals surface area (Å²) in [6, 6.07) is 7.71. The highest BCUT2D eigenvalue weighted by Gasteiger charge is 2.20. The maximum atomic E-state index is 6.05. The number of rotatable bonds is 2. The van der Waals surface area contributed by atoms with Gasteiger partial charge in [-0.25, -0.2) is 9.97 Å². The van der Waals surface area contributed by atoms with Crippen molar-refractivity contribution >= 4 is 11.6 Å². The highest BCUT2D eigenvalue weighted by molar-refractivity contribution is 6.30. The largest absolute Gasteiger partial charge is 0.307 e. The van der Waals surface area contributed by atoms with Crippen LogP contribution in [0.15, 0.2) is 24.3 Å². The molecule has 1 aliphatic rings. The summed E-state index contributed by atoms with van der Waals surface area (Å²) >= 11 is 6.05. The molecule has 0 amide bonds. The molecule has 19 heavy (non-hydrogen) atoms. The molecule has 2 aromatic rings. The van der Waals surface area contributed by atoms with Crippen LogP contribution >= 0.6 is 11.6 Å². The van der Waals surface area contributed by atoms with Crippen LogP contribution in [0.2, 0.25) is 5.02 Å². The predicted octanol–water partition coefficient (Wildman–Crippen LogP) is 3.52. The van der Waals surface area contributed by atoms with E-state index in [4.69, 9.17) is 16.6 Å². The highest BCUT2D eigenvalue weighted by Crippen LogP contribution is 2.27. The van der Waals surface area contributed by atoms with Crippen molar-refractivity contribution in [3.63, 3.8) is 0 Å². The lowest BCUT2D eigenvalue weighted by molar-refractivity contribution is 0.746. The van der Waals surface area contributed by atoms with Crippen LogP contribution in [-0.2, 0) is 13.1 Å². The second-order valence-corrected chi connectivity index (χ2v) is 5.56. The van der Waals surface area contributed by atoms with Crippen molar-refractivity contribution in [3.8, 4) is 11.4 Å². The van der Waals surface area contributed by atoms with E-state index in [-0.39, 0.29) is 0 Å². The first kappa shape index (κ1) is 12.6. The molecule has 1 aromatic heterocycles. The van der Waals surface area contributed by atoms with Crippen LogP contribution in [0, 0.1) is 0 Å². The highest BCUT2D eigenvalue weighted by atomic mass is 35.5. The first-order valence-electron chi connectivity index (χ1n) is 6.51. The smallest absolute Gasteiger partial charge is 0.159 e. The number of nitrogens with one attached hydrogen (secondary N) is 1. The van der Waals surface area contributed by atoms with Gasteiger partial charge in [0.2, 0.25) is 0 Å². The summed E-state index contributed by atoms with van der Waals surface area (Å²) in [5.74, 6) is 1.17. The molecule has 0 atom stereocenters. The van der Waals surface area contributed by atoms with Gasteiger partial charge in [0.15, 0.2) is 5.82 Å². The van der Waals surface area contributed by atoms with Gasteiger partial charge in [0.1, 0.15) is 0 Å². The standard InChI is InChI=1S/C15H16ClN3/c1-9(2)14-12-7-17-8-13(12)18-15(19-14)10-4-3-5-11(16)6-10/h3-6,9,17H,7-8H2,1-2H3. The first-order valence-corrected chi connectivity index (χ1v) is 6.89. The van der Waals surface area contributed by atoms with Crippen molar-refractivity contribution in [3.05, 3.63) is 46.2 Å². The molecule has 0 saturated carbocycles. The Morgan fingerprint density at radius 3 is 2.79 bits per heavy atom. The molecule has 0 unspecified atom stereocenters. The average molecular weight is 274 g/mol. The van der Waals surface area contributed by atoms with Gasteiger partial charge in [0.05, 0.1) is 11.4 Å². The molecule has 0 fully saturated rings. The van der Waals surface area contributed by atoms with Crippen molar-refractivity contribution in [1.82, 2.24) is 15.3 Å². The fourth-order valence-corrected chi connectivity index (χ4v) is 2.62. The van der Waals surface area contributed by atoms with E-state index in [0.29, 0.717) is 10.9 Å². The molecule has 4 heteroatoms. The Morgan fingerprint density at radius 1 is 1.21 bits per heavy atom. The second-order valence-electron chi connectivity index (χ2n) is 5.13. The molecule has 3 rings (SSSR count). The molecule has 0 spiro atoms. The van der Waals surface area contributed by atoms with Crippen LogP contribution in [0.25, 0.3) is 11.4 Å². The molecule has 2 heterocycles. The van der Waals surface area contributed by atoms with Crippen LogP contribution in [0.5, 0.6) is 0 Å². The van der Waals surface area contributed by atoms with Gasteiger partial charge in [0, 0.05) is 29.2 Å². The molecule has 3 nitrogen and oxygen atoms in total. The number of benzene rings is 1. The number of hydrogen-bond acceptors (Lipinski definition) is 3.